The standard InChI is InChI=1S/C11H11F3N4/c1-5(15)11-6(2)18(17-16-11)10-4-8(13)7(12)3-9(10)14/h3-5H,15H2,1-2H3. The lowest BCUT2D eigenvalue weighted by Gasteiger charge is -2.07. The fourth-order valence-electron chi connectivity index (χ4n) is 1.66. The number of benzene rings is 1. The van der Waals surface area contributed by atoms with Crippen molar-refractivity contribution in [3.05, 3.63) is 41.0 Å². The van der Waals surface area contributed by atoms with Crippen molar-refractivity contribution in [1.29, 1.82) is 0 Å². The molecule has 4 nitrogen and oxygen atoms in total. The predicted molar refractivity (Wildman–Crippen MR) is 58.6 cm³/mol. The van der Waals surface area contributed by atoms with E-state index in [1.807, 2.05) is 0 Å². The van der Waals surface area contributed by atoms with Gasteiger partial charge in [-0.15, -0.1) is 5.10 Å². The van der Waals surface area contributed by atoms with E-state index in [0.717, 1.165) is 10.7 Å². The van der Waals surface area contributed by atoms with Crippen LogP contribution in [0.25, 0.3) is 5.69 Å². The van der Waals surface area contributed by atoms with Crippen LogP contribution in [0, 0.1) is 24.4 Å². The topological polar surface area (TPSA) is 56.7 Å². The SMILES string of the molecule is Cc1c(C(C)N)nnn1-c1cc(F)c(F)cc1F. The number of hydrogen-bond donors (Lipinski definition) is 1. The fourth-order valence-corrected chi connectivity index (χ4v) is 1.66. The Morgan fingerprint density at radius 3 is 2.33 bits per heavy atom. The predicted octanol–water partition coefficient (Wildman–Crippen LogP) is 2.01. The van der Waals surface area contributed by atoms with E-state index in [4.69, 9.17) is 5.73 Å². The second-order valence-electron chi connectivity index (χ2n) is 3.98. The highest BCUT2D eigenvalue weighted by molar-refractivity contribution is 5.36. The number of halogens is 3. The third-order valence-corrected chi connectivity index (χ3v) is 2.58. The molecule has 0 amide bonds. The zero-order valence-electron chi connectivity index (χ0n) is 9.78. The number of hydrogen-bond acceptors (Lipinski definition) is 3. The monoisotopic (exact) mass is 256 g/mol. The molecule has 1 aromatic heterocycles. The first-order chi connectivity index (χ1) is 8.41. The molecule has 0 spiro atoms. The van der Waals surface area contributed by atoms with Gasteiger partial charge in [0, 0.05) is 18.2 Å². The van der Waals surface area contributed by atoms with Gasteiger partial charge in [0.15, 0.2) is 17.5 Å². The lowest BCUT2D eigenvalue weighted by Crippen LogP contribution is -2.08. The molecule has 1 atom stereocenters. The van der Waals surface area contributed by atoms with E-state index in [0.29, 0.717) is 17.5 Å². The molecule has 2 aromatic rings. The van der Waals surface area contributed by atoms with Gasteiger partial charge in [-0.1, -0.05) is 5.21 Å². The largest absolute Gasteiger partial charge is 0.323 e. The van der Waals surface area contributed by atoms with Gasteiger partial charge in [-0.25, -0.2) is 17.9 Å². The van der Waals surface area contributed by atoms with Crippen molar-refractivity contribution in [1.82, 2.24) is 15.0 Å². The Balaban J connectivity index is 2.59. The highest BCUT2D eigenvalue weighted by Gasteiger charge is 2.17. The van der Waals surface area contributed by atoms with Gasteiger partial charge < -0.3 is 5.73 Å². The van der Waals surface area contributed by atoms with Gasteiger partial charge in [0.25, 0.3) is 0 Å². The van der Waals surface area contributed by atoms with Crippen molar-refractivity contribution >= 4 is 0 Å². The first-order valence-corrected chi connectivity index (χ1v) is 5.24. The number of rotatable bonds is 2. The highest BCUT2D eigenvalue weighted by Crippen LogP contribution is 2.20. The van der Waals surface area contributed by atoms with Gasteiger partial charge in [-0.2, -0.15) is 0 Å². The van der Waals surface area contributed by atoms with E-state index in [-0.39, 0.29) is 11.7 Å². The van der Waals surface area contributed by atoms with Crippen molar-refractivity contribution in [3.63, 3.8) is 0 Å². The molecule has 0 saturated carbocycles. The molecular formula is C11H11F3N4. The van der Waals surface area contributed by atoms with Crippen LogP contribution < -0.4 is 5.73 Å². The summed E-state index contributed by atoms with van der Waals surface area (Å²) in [6, 6.07) is 0.821. The summed E-state index contributed by atoms with van der Waals surface area (Å²) in [5.74, 6) is -3.32. The van der Waals surface area contributed by atoms with Crippen LogP contribution in [0.3, 0.4) is 0 Å². The maximum Gasteiger partial charge on any atom is 0.161 e. The Morgan fingerprint density at radius 2 is 1.78 bits per heavy atom. The third-order valence-electron chi connectivity index (χ3n) is 2.58. The van der Waals surface area contributed by atoms with Crippen molar-refractivity contribution in [2.45, 2.75) is 19.9 Å². The highest BCUT2D eigenvalue weighted by atomic mass is 19.2. The average molecular weight is 256 g/mol. The van der Waals surface area contributed by atoms with Crippen molar-refractivity contribution in [3.8, 4) is 5.69 Å². The summed E-state index contributed by atoms with van der Waals surface area (Å²) in [5.41, 5.74) is 6.40. The van der Waals surface area contributed by atoms with Crippen LogP contribution in [0.15, 0.2) is 12.1 Å². The van der Waals surface area contributed by atoms with Gasteiger partial charge in [-0.3, -0.25) is 0 Å². The lowest BCUT2D eigenvalue weighted by atomic mass is 10.2. The number of nitrogens with two attached hydrogens (primary N) is 1. The molecule has 7 heteroatoms. The summed E-state index contributed by atoms with van der Waals surface area (Å²) >= 11 is 0. The Labute approximate surface area is 101 Å². The van der Waals surface area contributed by atoms with Gasteiger partial charge in [0.1, 0.15) is 11.4 Å². The quantitative estimate of drug-likeness (QED) is 0.836. The zero-order chi connectivity index (χ0) is 13.4. The minimum Gasteiger partial charge on any atom is -0.323 e. The van der Waals surface area contributed by atoms with E-state index in [1.54, 1.807) is 13.8 Å². The van der Waals surface area contributed by atoms with Crippen LogP contribution in [0.5, 0.6) is 0 Å². The first kappa shape index (κ1) is 12.6. The molecule has 1 aromatic carbocycles. The molecule has 2 rings (SSSR count). The summed E-state index contributed by atoms with van der Waals surface area (Å²) in [6.07, 6.45) is 0. The number of nitrogens with zero attached hydrogens (tertiary/aromatic N) is 3. The first-order valence-electron chi connectivity index (χ1n) is 5.24. The maximum atomic E-state index is 13.6. The molecule has 18 heavy (non-hydrogen) atoms. The summed E-state index contributed by atoms with van der Waals surface area (Å²) in [6.45, 7) is 3.32. The van der Waals surface area contributed by atoms with E-state index in [2.05, 4.69) is 10.3 Å². The lowest BCUT2D eigenvalue weighted by molar-refractivity contribution is 0.490. The second-order valence-corrected chi connectivity index (χ2v) is 3.98. The fraction of sp³-hybridized carbons (Fsp3) is 0.273. The van der Waals surface area contributed by atoms with E-state index < -0.39 is 17.5 Å². The summed E-state index contributed by atoms with van der Waals surface area (Å²) < 4.78 is 40.6. The number of aromatic nitrogens is 3. The molecule has 1 unspecified atom stereocenters. The molecule has 0 radical (unpaired) electrons. The minimum atomic E-state index is -1.25. The van der Waals surface area contributed by atoms with Crippen molar-refractivity contribution < 1.29 is 13.2 Å². The van der Waals surface area contributed by atoms with Crippen LogP contribution >= 0.6 is 0 Å². The average Bonchev–Trinajstić information content (AvgIpc) is 2.66. The van der Waals surface area contributed by atoms with Crippen LogP contribution in [0.1, 0.15) is 24.4 Å². The van der Waals surface area contributed by atoms with Crippen LogP contribution in [0.2, 0.25) is 0 Å². The molecule has 0 aliphatic carbocycles. The molecular weight excluding hydrogens is 245 g/mol. The van der Waals surface area contributed by atoms with Crippen LogP contribution in [-0.4, -0.2) is 15.0 Å². The zero-order valence-corrected chi connectivity index (χ0v) is 9.78. The molecule has 0 aliphatic heterocycles. The molecule has 0 aliphatic rings. The summed E-state index contributed by atoms with van der Waals surface area (Å²) in [4.78, 5) is 0. The van der Waals surface area contributed by atoms with Crippen LogP contribution in [-0.2, 0) is 0 Å². The molecule has 0 saturated heterocycles. The normalized spacial score (nSPS) is 12.8. The Hall–Kier alpha value is -1.89. The third kappa shape index (κ3) is 1.97. The molecule has 0 fully saturated rings. The van der Waals surface area contributed by atoms with Crippen molar-refractivity contribution in [2.75, 3.05) is 0 Å². The maximum absolute atomic E-state index is 13.6. The summed E-state index contributed by atoms with van der Waals surface area (Å²) in [7, 11) is 0. The molecule has 2 N–H and O–H groups in total. The molecule has 96 valence electrons. The second kappa shape index (κ2) is 4.41. The van der Waals surface area contributed by atoms with E-state index >= 15 is 0 Å². The van der Waals surface area contributed by atoms with Gasteiger partial charge in [0.2, 0.25) is 0 Å². The van der Waals surface area contributed by atoms with E-state index in [9.17, 15) is 13.2 Å². The Morgan fingerprint density at radius 1 is 1.17 bits per heavy atom. The minimum absolute atomic E-state index is 0.203. The van der Waals surface area contributed by atoms with Gasteiger partial charge in [-0.05, 0) is 13.8 Å². The molecule has 1 heterocycles. The van der Waals surface area contributed by atoms with E-state index in [1.165, 1.54) is 0 Å². The van der Waals surface area contributed by atoms with Gasteiger partial charge in [0.05, 0.1) is 5.69 Å². The Kier molecular flexibility index (Phi) is 3.08. The van der Waals surface area contributed by atoms with Crippen LogP contribution in [0.4, 0.5) is 13.2 Å². The Bertz CT molecular complexity index is 592. The van der Waals surface area contributed by atoms with Crippen molar-refractivity contribution in [2.24, 2.45) is 5.73 Å². The smallest absolute Gasteiger partial charge is 0.161 e. The summed E-state index contributed by atoms with van der Waals surface area (Å²) in [5, 5.41) is 7.49. The molecule has 0 bridgehead atoms. The van der Waals surface area contributed by atoms with Gasteiger partial charge >= 0.3 is 0 Å².